The second-order valence-corrected chi connectivity index (χ2v) is 14.0. The van der Waals surface area contributed by atoms with E-state index in [1.165, 1.54) is 11.3 Å². The van der Waals surface area contributed by atoms with Crippen LogP contribution in [0, 0.1) is 3.57 Å². The van der Waals surface area contributed by atoms with Gasteiger partial charge in [-0.05, 0) is 88.7 Å². The predicted molar refractivity (Wildman–Crippen MR) is 197 cm³/mol. The molecule has 0 fully saturated rings. The summed E-state index contributed by atoms with van der Waals surface area (Å²) < 4.78 is 21.2. The number of hydrogen-bond acceptors (Lipinski definition) is 7. The standard InChI is InChI=1S/C36H27BrClIN2O5S/c1-3-45-35(43)30-31(23-7-5-4-6-8-23)40-36-41(32(30)24-11-15-26(38)16-12-24)34(42)29(47-36)19-22-17-27(39)33(28(18-22)44-2)46-20-21-9-13-25(37)14-10-21/h4-19,32H,3,20H2,1-2H3/b29-19-/t32-/m1/s1. The van der Waals surface area contributed by atoms with Gasteiger partial charge in [-0.2, -0.15) is 0 Å². The van der Waals surface area contributed by atoms with Crippen molar-refractivity contribution in [2.24, 2.45) is 4.99 Å². The van der Waals surface area contributed by atoms with Crippen molar-refractivity contribution in [3.8, 4) is 11.5 Å². The summed E-state index contributed by atoms with van der Waals surface area (Å²) in [5.41, 5.74) is 3.67. The summed E-state index contributed by atoms with van der Waals surface area (Å²) in [6.07, 6.45) is 1.81. The zero-order valence-electron chi connectivity index (χ0n) is 25.2. The van der Waals surface area contributed by atoms with Crippen molar-refractivity contribution in [1.29, 1.82) is 0 Å². The minimum atomic E-state index is -0.788. The monoisotopic (exact) mass is 840 g/mol. The van der Waals surface area contributed by atoms with Crippen molar-refractivity contribution in [3.63, 3.8) is 0 Å². The maximum Gasteiger partial charge on any atom is 0.338 e. The van der Waals surface area contributed by atoms with Crippen LogP contribution < -0.4 is 24.4 Å². The van der Waals surface area contributed by atoms with Crippen LogP contribution in [0.4, 0.5) is 0 Å². The molecule has 11 heteroatoms. The molecule has 1 atom stereocenters. The lowest BCUT2D eigenvalue weighted by Gasteiger charge is -2.25. The van der Waals surface area contributed by atoms with Crippen LogP contribution in [0.5, 0.6) is 11.5 Å². The Balaban J connectivity index is 1.48. The van der Waals surface area contributed by atoms with Gasteiger partial charge in [0.2, 0.25) is 0 Å². The number of halogens is 3. The summed E-state index contributed by atoms with van der Waals surface area (Å²) in [4.78, 5) is 33.3. The van der Waals surface area contributed by atoms with Crippen LogP contribution in [0.1, 0.15) is 35.2 Å². The average Bonchev–Trinajstić information content (AvgIpc) is 3.38. The molecular formula is C36H27BrClIN2O5S. The van der Waals surface area contributed by atoms with E-state index in [4.69, 9.17) is 30.8 Å². The fourth-order valence-electron chi connectivity index (χ4n) is 5.25. The van der Waals surface area contributed by atoms with Crippen LogP contribution in [0.25, 0.3) is 11.8 Å². The molecule has 0 bridgehead atoms. The number of esters is 1. The van der Waals surface area contributed by atoms with E-state index in [1.807, 2.05) is 84.9 Å². The molecule has 7 nitrogen and oxygen atoms in total. The van der Waals surface area contributed by atoms with Crippen molar-refractivity contribution >= 4 is 79.2 Å². The van der Waals surface area contributed by atoms with Gasteiger partial charge in [0, 0.05) is 15.1 Å². The second-order valence-electron chi connectivity index (χ2n) is 10.4. The number of ether oxygens (including phenoxy) is 3. The molecule has 6 rings (SSSR count). The molecule has 2 heterocycles. The van der Waals surface area contributed by atoms with Gasteiger partial charge in [-0.15, -0.1) is 0 Å². The molecule has 0 amide bonds. The van der Waals surface area contributed by atoms with Crippen LogP contribution in [-0.4, -0.2) is 24.3 Å². The normalized spacial score (nSPS) is 14.4. The van der Waals surface area contributed by atoms with E-state index in [9.17, 15) is 9.59 Å². The molecule has 0 saturated heterocycles. The van der Waals surface area contributed by atoms with E-state index in [0.29, 0.717) is 43.7 Å². The van der Waals surface area contributed by atoms with E-state index < -0.39 is 12.0 Å². The zero-order valence-corrected chi connectivity index (χ0v) is 30.5. The number of nitrogens with zero attached hydrogens (tertiary/aromatic N) is 2. The molecule has 0 unspecified atom stereocenters. The molecular weight excluding hydrogens is 815 g/mol. The number of methoxy groups -OCH3 is 1. The Bertz CT molecular complexity index is 2160. The van der Waals surface area contributed by atoms with Crippen LogP contribution in [-0.2, 0) is 16.1 Å². The highest BCUT2D eigenvalue weighted by molar-refractivity contribution is 14.1. The third-order valence-electron chi connectivity index (χ3n) is 7.41. The lowest BCUT2D eigenvalue weighted by Crippen LogP contribution is -2.40. The van der Waals surface area contributed by atoms with Crippen molar-refractivity contribution in [1.82, 2.24) is 4.57 Å². The molecule has 1 aliphatic heterocycles. The largest absolute Gasteiger partial charge is 0.493 e. The number of benzene rings is 4. The van der Waals surface area contributed by atoms with Crippen molar-refractivity contribution in [2.75, 3.05) is 13.7 Å². The van der Waals surface area contributed by atoms with Crippen LogP contribution >= 0.6 is 61.5 Å². The number of thiazole rings is 1. The predicted octanol–water partition coefficient (Wildman–Crippen LogP) is 7.54. The Labute approximate surface area is 302 Å². The number of hydrogen-bond donors (Lipinski definition) is 0. The Morgan fingerprint density at radius 2 is 1.79 bits per heavy atom. The van der Waals surface area contributed by atoms with Crippen LogP contribution in [0.3, 0.4) is 0 Å². The van der Waals surface area contributed by atoms with Gasteiger partial charge in [-0.25, -0.2) is 9.79 Å². The molecule has 0 N–H and O–H groups in total. The molecule has 47 heavy (non-hydrogen) atoms. The summed E-state index contributed by atoms with van der Waals surface area (Å²) in [6, 6.07) is 27.5. The number of carbonyl (C=O) groups excluding carboxylic acids is 1. The van der Waals surface area contributed by atoms with Gasteiger partial charge in [-0.3, -0.25) is 9.36 Å². The van der Waals surface area contributed by atoms with Gasteiger partial charge >= 0.3 is 5.97 Å². The SMILES string of the molecule is CCOC(=O)C1=C(c2ccccc2)N=c2s/c(=C\c3cc(I)c(OCc4ccc(Br)cc4)c(OC)c3)c(=O)n2[C@@H]1c1ccc(Cl)cc1. The minimum Gasteiger partial charge on any atom is -0.493 e. The smallest absolute Gasteiger partial charge is 0.338 e. The van der Waals surface area contributed by atoms with Crippen molar-refractivity contribution in [2.45, 2.75) is 19.6 Å². The third kappa shape index (κ3) is 7.11. The first-order valence-electron chi connectivity index (χ1n) is 14.6. The number of carbonyl (C=O) groups is 1. The first-order chi connectivity index (χ1) is 22.8. The third-order valence-corrected chi connectivity index (χ3v) is 9.97. The molecule has 0 radical (unpaired) electrons. The Morgan fingerprint density at radius 1 is 1.06 bits per heavy atom. The average molecular weight is 842 g/mol. The summed E-state index contributed by atoms with van der Waals surface area (Å²) in [5.74, 6) is 0.620. The number of fused-ring (bicyclic) bond motifs is 1. The molecule has 0 aliphatic carbocycles. The van der Waals surface area contributed by atoms with Crippen LogP contribution in [0.2, 0.25) is 5.02 Å². The van der Waals surface area contributed by atoms with Gasteiger partial charge in [0.05, 0.1) is 39.1 Å². The lowest BCUT2D eigenvalue weighted by atomic mass is 9.93. The van der Waals surface area contributed by atoms with Crippen molar-refractivity contribution in [3.05, 3.63) is 152 Å². The van der Waals surface area contributed by atoms with E-state index in [1.54, 1.807) is 30.7 Å². The summed E-state index contributed by atoms with van der Waals surface area (Å²) in [6.45, 7) is 2.29. The molecule has 238 valence electrons. The topological polar surface area (TPSA) is 79.1 Å². The molecule has 1 aromatic heterocycles. The number of aromatic nitrogens is 1. The van der Waals surface area contributed by atoms with Gasteiger partial charge in [0.15, 0.2) is 16.3 Å². The minimum absolute atomic E-state index is 0.172. The molecule has 0 spiro atoms. The maximum absolute atomic E-state index is 14.2. The molecule has 1 aliphatic rings. The van der Waals surface area contributed by atoms with Crippen LogP contribution in [0.15, 0.2) is 111 Å². The Hall–Kier alpha value is -3.71. The fraction of sp³-hybridized carbons (Fsp3) is 0.139. The van der Waals surface area contributed by atoms with Gasteiger partial charge in [0.25, 0.3) is 5.56 Å². The first kappa shape index (κ1) is 33.2. The lowest BCUT2D eigenvalue weighted by molar-refractivity contribution is -0.138. The van der Waals surface area contributed by atoms with Crippen molar-refractivity contribution < 1.29 is 19.0 Å². The Morgan fingerprint density at radius 3 is 2.47 bits per heavy atom. The zero-order chi connectivity index (χ0) is 33.1. The van der Waals surface area contributed by atoms with E-state index in [-0.39, 0.29) is 17.7 Å². The number of rotatable bonds is 9. The maximum atomic E-state index is 14.2. The van der Waals surface area contributed by atoms with E-state index in [2.05, 4.69) is 38.5 Å². The fourth-order valence-corrected chi connectivity index (χ4v) is 7.42. The summed E-state index contributed by atoms with van der Waals surface area (Å²) in [7, 11) is 1.59. The molecule has 0 saturated carbocycles. The van der Waals surface area contributed by atoms with Gasteiger partial charge < -0.3 is 14.2 Å². The quantitative estimate of drug-likeness (QED) is 0.113. The van der Waals surface area contributed by atoms with Gasteiger partial charge in [-0.1, -0.05) is 93.5 Å². The molecule has 4 aromatic carbocycles. The highest BCUT2D eigenvalue weighted by Crippen LogP contribution is 2.37. The highest BCUT2D eigenvalue weighted by atomic mass is 127. The second kappa shape index (κ2) is 14.6. The summed E-state index contributed by atoms with van der Waals surface area (Å²) in [5, 5.41) is 0.541. The van der Waals surface area contributed by atoms with E-state index in [0.717, 1.165) is 24.7 Å². The van der Waals surface area contributed by atoms with E-state index >= 15 is 0 Å². The Kier molecular flexibility index (Phi) is 10.3. The summed E-state index contributed by atoms with van der Waals surface area (Å²) >= 11 is 13.2. The first-order valence-corrected chi connectivity index (χ1v) is 17.6. The van der Waals surface area contributed by atoms with Gasteiger partial charge in [0.1, 0.15) is 6.61 Å². The molecule has 5 aromatic rings. The highest BCUT2D eigenvalue weighted by Gasteiger charge is 2.35.